The summed E-state index contributed by atoms with van der Waals surface area (Å²) in [6, 6.07) is 4.13. The molecule has 0 saturated carbocycles. The highest BCUT2D eigenvalue weighted by Crippen LogP contribution is 2.17. The number of non-ortho nitro benzene ring substituents is 1. The number of carbonyl (C=O) groups is 2. The minimum absolute atomic E-state index is 0.0822. The lowest BCUT2D eigenvalue weighted by atomic mass is 10.0. The van der Waals surface area contributed by atoms with Crippen LogP contribution in [0.2, 0.25) is 0 Å². The third-order valence-electron chi connectivity index (χ3n) is 2.74. The number of aliphatic carboxylic acids is 1. The quantitative estimate of drug-likeness (QED) is 0.543. The zero-order valence-corrected chi connectivity index (χ0v) is 12.3. The average molecular weight is 309 g/mol. The third kappa shape index (κ3) is 5.78. The Morgan fingerprint density at radius 3 is 2.32 bits per heavy atom. The van der Waals surface area contributed by atoms with E-state index < -0.39 is 22.8 Å². The number of nitrogens with one attached hydrogen (secondary N) is 1. The molecule has 120 valence electrons. The van der Waals surface area contributed by atoms with Crippen molar-refractivity contribution in [2.45, 2.75) is 26.3 Å². The number of amides is 1. The van der Waals surface area contributed by atoms with E-state index in [2.05, 4.69) is 5.32 Å². The molecule has 0 fully saturated rings. The summed E-state index contributed by atoms with van der Waals surface area (Å²) in [5, 5.41) is 23.7. The second-order valence-electron chi connectivity index (χ2n) is 5.11. The molecule has 0 aliphatic rings. The molecule has 0 aromatic heterocycles. The molecule has 0 unspecified atom stereocenters. The zero-order valence-electron chi connectivity index (χ0n) is 12.3. The molecule has 1 rings (SSSR count). The maximum absolute atomic E-state index is 11.7. The number of hydrogen-bond acceptors (Lipinski definition) is 6. The molecule has 1 atom stereocenters. The van der Waals surface area contributed by atoms with E-state index in [-0.39, 0.29) is 30.4 Å². The fraction of sp³-hybridized carbons (Fsp3) is 0.429. The van der Waals surface area contributed by atoms with Crippen molar-refractivity contribution in [3.63, 3.8) is 0 Å². The summed E-state index contributed by atoms with van der Waals surface area (Å²) < 4.78 is 5.14. The number of hydrogen-bond donors (Lipinski definition) is 1. The number of benzene rings is 1. The van der Waals surface area contributed by atoms with Gasteiger partial charge in [0.25, 0.3) is 11.6 Å². The minimum Gasteiger partial charge on any atom is -0.548 e. The summed E-state index contributed by atoms with van der Waals surface area (Å²) in [7, 11) is 0. The number of nitrogens with zero attached hydrogens (tertiary/aromatic N) is 1. The smallest absolute Gasteiger partial charge is 0.269 e. The van der Waals surface area contributed by atoms with Gasteiger partial charge >= 0.3 is 0 Å². The lowest BCUT2D eigenvalue weighted by molar-refractivity contribution is -0.384. The molecule has 8 nitrogen and oxygen atoms in total. The van der Waals surface area contributed by atoms with E-state index in [0.29, 0.717) is 0 Å². The molecule has 1 N–H and O–H groups in total. The van der Waals surface area contributed by atoms with E-state index in [4.69, 9.17) is 4.74 Å². The SMILES string of the molecule is CC(C)C[C@H](NC(=O)COc1ccc([N+](=O)[O-])cc1)C(=O)[O-]. The Kier molecular flexibility index (Phi) is 6.30. The van der Waals surface area contributed by atoms with Crippen LogP contribution in [0.1, 0.15) is 20.3 Å². The fourth-order valence-corrected chi connectivity index (χ4v) is 1.73. The first-order valence-corrected chi connectivity index (χ1v) is 6.67. The molecular formula is C14H17N2O6-. The summed E-state index contributed by atoms with van der Waals surface area (Å²) in [5.74, 6) is -1.60. The average Bonchev–Trinajstić information content (AvgIpc) is 2.44. The first kappa shape index (κ1) is 17.4. The minimum atomic E-state index is -1.35. The highest BCUT2D eigenvalue weighted by molar-refractivity contribution is 5.83. The Balaban J connectivity index is 2.51. The van der Waals surface area contributed by atoms with Gasteiger partial charge in [-0.2, -0.15) is 0 Å². The standard InChI is InChI=1S/C14H18N2O6/c1-9(2)7-12(14(18)19)15-13(17)8-22-11-5-3-10(4-6-11)16(20)21/h3-6,9,12H,7-8H2,1-2H3,(H,15,17)(H,18,19)/p-1/t12-/m0/s1. The maximum Gasteiger partial charge on any atom is 0.269 e. The highest BCUT2D eigenvalue weighted by atomic mass is 16.6. The summed E-state index contributed by atoms with van der Waals surface area (Å²) in [4.78, 5) is 32.5. The Bertz CT molecular complexity index is 541. The number of nitro groups is 1. The zero-order chi connectivity index (χ0) is 16.7. The van der Waals surface area contributed by atoms with Gasteiger partial charge in [-0.25, -0.2) is 0 Å². The number of carboxylic acid groups (broad SMARTS) is 1. The maximum atomic E-state index is 11.7. The first-order valence-electron chi connectivity index (χ1n) is 6.67. The van der Waals surface area contributed by atoms with Gasteiger partial charge < -0.3 is 20.0 Å². The molecule has 0 aliphatic heterocycles. The normalized spacial score (nSPS) is 11.8. The lowest BCUT2D eigenvalue weighted by Crippen LogP contribution is -2.49. The van der Waals surface area contributed by atoms with Gasteiger partial charge in [0, 0.05) is 12.1 Å². The molecule has 8 heteroatoms. The van der Waals surface area contributed by atoms with Crippen LogP contribution in [-0.2, 0) is 9.59 Å². The van der Waals surface area contributed by atoms with Crippen molar-refractivity contribution in [2.24, 2.45) is 5.92 Å². The Morgan fingerprint density at radius 1 is 1.27 bits per heavy atom. The molecule has 0 bridgehead atoms. The summed E-state index contributed by atoms with van der Waals surface area (Å²) in [5.41, 5.74) is -0.0919. The predicted molar refractivity (Wildman–Crippen MR) is 75.0 cm³/mol. The van der Waals surface area contributed by atoms with Crippen LogP contribution in [0.4, 0.5) is 5.69 Å². The lowest BCUT2D eigenvalue weighted by Gasteiger charge is -2.21. The van der Waals surface area contributed by atoms with E-state index >= 15 is 0 Å². The van der Waals surface area contributed by atoms with Crippen LogP contribution in [-0.4, -0.2) is 29.4 Å². The highest BCUT2D eigenvalue weighted by Gasteiger charge is 2.15. The summed E-state index contributed by atoms with van der Waals surface area (Å²) in [6.07, 6.45) is 0.256. The van der Waals surface area contributed by atoms with Gasteiger partial charge in [-0.05, 0) is 24.5 Å². The van der Waals surface area contributed by atoms with Crippen LogP contribution in [0.3, 0.4) is 0 Å². The van der Waals surface area contributed by atoms with Crippen molar-refractivity contribution in [3.05, 3.63) is 34.4 Å². The van der Waals surface area contributed by atoms with E-state index in [1.807, 2.05) is 13.8 Å². The molecule has 0 spiro atoms. The van der Waals surface area contributed by atoms with Crippen LogP contribution < -0.4 is 15.2 Å². The molecule has 0 heterocycles. The van der Waals surface area contributed by atoms with Gasteiger partial charge in [0.15, 0.2) is 6.61 Å². The van der Waals surface area contributed by atoms with Crippen LogP contribution >= 0.6 is 0 Å². The third-order valence-corrected chi connectivity index (χ3v) is 2.74. The van der Waals surface area contributed by atoms with Crippen molar-refractivity contribution in [1.82, 2.24) is 5.32 Å². The molecule has 0 radical (unpaired) electrons. The monoisotopic (exact) mass is 309 g/mol. The van der Waals surface area contributed by atoms with Gasteiger partial charge in [-0.1, -0.05) is 13.8 Å². The van der Waals surface area contributed by atoms with Gasteiger partial charge in [-0.3, -0.25) is 14.9 Å². The van der Waals surface area contributed by atoms with Crippen LogP contribution in [0, 0.1) is 16.0 Å². The van der Waals surface area contributed by atoms with Gasteiger partial charge in [0.05, 0.1) is 16.9 Å². The van der Waals surface area contributed by atoms with Gasteiger partial charge in [0.1, 0.15) is 5.75 Å². The number of nitro benzene ring substituents is 1. The molecule has 22 heavy (non-hydrogen) atoms. The Hall–Kier alpha value is -2.64. The Labute approximate surface area is 127 Å². The van der Waals surface area contributed by atoms with Crippen molar-refractivity contribution < 1.29 is 24.4 Å². The molecule has 1 amide bonds. The summed E-state index contributed by atoms with van der Waals surface area (Å²) >= 11 is 0. The van der Waals surface area contributed by atoms with E-state index in [1.54, 1.807) is 0 Å². The number of carboxylic acids is 1. The van der Waals surface area contributed by atoms with Crippen molar-refractivity contribution in [1.29, 1.82) is 0 Å². The Morgan fingerprint density at radius 2 is 1.86 bits per heavy atom. The second kappa shape index (κ2) is 7.96. The largest absolute Gasteiger partial charge is 0.548 e. The fourth-order valence-electron chi connectivity index (χ4n) is 1.73. The second-order valence-corrected chi connectivity index (χ2v) is 5.11. The molecule has 0 saturated heterocycles. The van der Waals surface area contributed by atoms with Crippen molar-refractivity contribution >= 4 is 17.6 Å². The molecule has 1 aromatic carbocycles. The number of carbonyl (C=O) groups excluding carboxylic acids is 2. The van der Waals surface area contributed by atoms with E-state index in [0.717, 1.165) is 0 Å². The van der Waals surface area contributed by atoms with Crippen molar-refractivity contribution in [2.75, 3.05) is 6.61 Å². The van der Waals surface area contributed by atoms with Crippen LogP contribution in [0.5, 0.6) is 5.75 Å². The van der Waals surface area contributed by atoms with Gasteiger partial charge in [-0.15, -0.1) is 0 Å². The van der Waals surface area contributed by atoms with E-state index in [9.17, 15) is 24.8 Å². The molecular weight excluding hydrogens is 292 g/mol. The number of rotatable bonds is 8. The van der Waals surface area contributed by atoms with Crippen LogP contribution in [0.25, 0.3) is 0 Å². The van der Waals surface area contributed by atoms with Crippen LogP contribution in [0.15, 0.2) is 24.3 Å². The van der Waals surface area contributed by atoms with Gasteiger partial charge in [0.2, 0.25) is 0 Å². The molecule has 1 aromatic rings. The summed E-state index contributed by atoms with van der Waals surface area (Å²) in [6.45, 7) is 3.27. The molecule has 0 aliphatic carbocycles. The first-order chi connectivity index (χ1) is 10.3. The van der Waals surface area contributed by atoms with Crippen molar-refractivity contribution in [3.8, 4) is 5.75 Å². The van der Waals surface area contributed by atoms with E-state index in [1.165, 1.54) is 24.3 Å². The number of ether oxygens (including phenoxy) is 1. The predicted octanol–water partition coefficient (Wildman–Crippen LogP) is 0.254. The topological polar surface area (TPSA) is 122 Å².